The number of carbonyl (C=O) groups excluding carboxylic acids is 1. The Bertz CT molecular complexity index is 334. The van der Waals surface area contributed by atoms with Crippen molar-refractivity contribution in [1.82, 2.24) is 0 Å². The minimum Gasteiger partial charge on any atom is -0.337 e. The molecule has 2 atom stereocenters. The number of likely N-dealkylation sites (tertiary alicyclic amines) is 1. The quantitative estimate of drug-likeness (QED) is 0.707. The highest BCUT2D eigenvalue weighted by atomic mass is 16.1. The highest BCUT2D eigenvalue weighted by molar-refractivity contribution is 5.97. The van der Waals surface area contributed by atoms with Gasteiger partial charge in [0.25, 0.3) is 0 Å². The summed E-state index contributed by atoms with van der Waals surface area (Å²) in [5, 5.41) is 0. The van der Waals surface area contributed by atoms with Crippen molar-refractivity contribution in [2.75, 3.05) is 20.1 Å². The molecule has 1 N–H and O–H groups in total. The molecule has 1 fully saturated rings. The number of ketones is 1. The van der Waals surface area contributed by atoms with Gasteiger partial charge in [0.15, 0.2) is 5.78 Å². The van der Waals surface area contributed by atoms with Gasteiger partial charge in [0.2, 0.25) is 0 Å². The Kier molecular flexibility index (Phi) is 3.17. The number of piperidine rings is 1. The van der Waals surface area contributed by atoms with Crippen LogP contribution in [0.1, 0.15) is 23.2 Å². The smallest absolute Gasteiger partial charge is 0.171 e. The molecule has 2 heteroatoms. The molecule has 1 aliphatic heterocycles. The second kappa shape index (κ2) is 4.58. The van der Waals surface area contributed by atoms with E-state index in [0.717, 1.165) is 18.5 Å². The molecule has 0 bridgehead atoms. The zero-order valence-electron chi connectivity index (χ0n) is 9.20. The largest absolute Gasteiger partial charge is 0.337 e. The maximum Gasteiger partial charge on any atom is 0.171 e. The molecule has 15 heavy (non-hydrogen) atoms. The standard InChI is InChI=1S/C13H17NO/c1-14-9-5-8-12(10-14)13(15)11-6-3-2-4-7-11/h2-4,6-7,12H,5,8-10H2,1H3/p+1/t12-/m1/s1. The van der Waals surface area contributed by atoms with Crippen LogP contribution in [-0.2, 0) is 0 Å². The van der Waals surface area contributed by atoms with E-state index in [0.29, 0.717) is 5.78 Å². The van der Waals surface area contributed by atoms with Crippen molar-refractivity contribution in [3.8, 4) is 0 Å². The van der Waals surface area contributed by atoms with Gasteiger partial charge in [-0.3, -0.25) is 4.79 Å². The van der Waals surface area contributed by atoms with Crippen molar-refractivity contribution >= 4 is 5.78 Å². The highest BCUT2D eigenvalue weighted by Crippen LogP contribution is 2.14. The SMILES string of the molecule is C[NH+]1CCC[C@@H](C(=O)c2ccccc2)C1. The Labute approximate surface area is 90.9 Å². The maximum absolute atomic E-state index is 12.1. The summed E-state index contributed by atoms with van der Waals surface area (Å²) >= 11 is 0. The lowest BCUT2D eigenvalue weighted by Gasteiger charge is -2.25. The summed E-state index contributed by atoms with van der Waals surface area (Å²) in [7, 11) is 2.17. The third-order valence-electron chi connectivity index (χ3n) is 3.18. The first-order chi connectivity index (χ1) is 7.27. The number of carbonyl (C=O) groups is 1. The first-order valence-electron chi connectivity index (χ1n) is 5.68. The van der Waals surface area contributed by atoms with Crippen molar-refractivity contribution in [1.29, 1.82) is 0 Å². The van der Waals surface area contributed by atoms with E-state index >= 15 is 0 Å². The van der Waals surface area contributed by atoms with E-state index in [1.807, 2.05) is 30.3 Å². The molecule has 1 heterocycles. The van der Waals surface area contributed by atoms with Crippen molar-refractivity contribution in [2.45, 2.75) is 12.8 Å². The zero-order valence-corrected chi connectivity index (χ0v) is 9.20. The molecule has 80 valence electrons. The summed E-state index contributed by atoms with van der Waals surface area (Å²) < 4.78 is 0. The van der Waals surface area contributed by atoms with Crippen LogP contribution in [0.25, 0.3) is 0 Å². The predicted molar refractivity (Wildman–Crippen MR) is 60.1 cm³/mol. The Morgan fingerprint density at radius 2 is 2.07 bits per heavy atom. The van der Waals surface area contributed by atoms with Crippen molar-refractivity contribution < 1.29 is 9.69 Å². The number of nitrogens with one attached hydrogen (secondary N) is 1. The molecule has 0 aromatic heterocycles. The summed E-state index contributed by atoms with van der Waals surface area (Å²) in [6, 6.07) is 9.67. The molecule has 0 radical (unpaired) electrons. The fraction of sp³-hybridized carbons (Fsp3) is 0.462. The van der Waals surface area contributed by atoms with Gasteiger partial charge in [-0.05, 0) is 12.8 Å². The number of Topliss-reactive ketones (excluding diaryl/α,β-unsaturated/α-hetero) is 1. The molecule has 2 nitrogen and oxygen atoms in total. The van der Waals surface area contributed by atoms with Crippen LogP contribution in [-0.4, -0.2) is 25.9 Å². The molecule has 0 amide bonds. The van der Waals surface area contributed by atoms with Gasteiger partial charge in [0.1, 0.15) is 0 Å². The average Bonchev–Trinajstić information content (AvgIpc) is 2.29. The molecule has 1 unspecified atom stereocenters. The third-order valence-corrected chi connectivity index (χ3v) is 3.18. The van der Waals surface area contributed by atoms with Gasteiger partial charge in [-0.15, -0.1) is 0 Å². The Hall–Kier alpha value is -1.15. The molecule has 1 saturated heterocycles. The van der Waals surface area contributed by atoms with E-state index in [1.165, 1.54) is 17.9 Å². The molecule has 0 aliphatic carbocycles. The lowest BCUT2D eigenvalue weighted by Crippen LogP contribution is -3.10. The van der Waals surface area contributed by atoms with Crippen LogP contribution in [0, 0.1) is 5.92 Å². The normalized spacial score (nSPS) is 26.2. The fourth-order valence-electron chi connectivity index (χ4n) is 2.34. The Morgan fingerprint density at radius 1 is 1.33 bits per heavy atom. The third kappa shape index (κ3) is 2.45. The van der Waals surface area contributed by atoms with E-state index in [4.69, 9.17) is 0 Å². The summed E-state index contributed by atoms with van der Waals surface area (Å²) in [6.45, 7) is 2.20. The van der Waals surface area contributed by atoms with Crippen LogP contribution in [0.5, 0.6) is 0 Å². The van der Waals surface area contributed by atoms with Crippen LogP contribution in [0.15, 0.2) is 30.3 Å². The van der Waals surface area contributed by atoms with Gasteiger partial charge in [-0.2, -0.15) is 0 Å². The molecular formula is C13H18NO+. The molecule has 0 spiro atoms. The lowest BCUT2D eigenvalue weighted by atomic mass is 9.90. The predicted octanol–water partition coefficient (Wildman–Crippen LogP) is 0.794. The van der Waals surface area contributed by atoms with Crippen molar-refractivity contribution in [2.24, 2.45) is 5.92 Å². The minimum atomic E-state index is 0.237. The molecule has 2 rings (SSSR count). The monoisotopic (exact) mass is 204 g/mol. The first-order valence-corrected chi connectivity index (χ1v) is 5.68. The summed E-state index contributed by atoms with van der Waals surface area (Å²) in [4.78, 5) is 13.6. The van der Waals surface area contributed by atoms with Gasteiger partial charge < -0.3 is 4.90 Å². The van der Waals surface area contributed by atoms with Gasteiger partial charge in [-0.25, -0.2) is 0 Å². The van der Waals surface area contributed by atoms with E-state index < -0.39 is 0 Å². The van der Waals surface area contributed by atoms with Gasteiger partial charge in [0.05, 0.1) is 26.1 Å². The highest BCUT2D eigenvalue weighted by Gasteiger charge is 2.27. The van der Waals surface area contributed by atoms with E-state index in [9.17, 15) is 4.79 Å². The minimum absolute atomic E-state index is 0.237. The molecule has 1 aromatic carbocycles. The average molecular weight is 204 g/mol. The summed E-state index contributed by atoms with van der Waals surface area (Å²) in [6.07, 6.45) is 2.24. The second-order valence-electron chi connectivity index (χ2n) is 4.48. The number of benzene rings is 1. The van der Waals surface area contributed by atoms with Crippen LogP contribution in [0.4, 0.5) is 0 Å². The number of rotatable bonds is 2. The van der Waals surface area contributed by atoms with E-state index in [2.05, 4.69) is 7.05 Å². The molecule has 0 saturated carbocycles. The van der Waals surface area contributed by atoms with Crippen LogP contribution >= 0.6 is 0 Å². The summed E-state index contributed by atoms with van der Waals surface area (Å²) in [5.74, 6) is 0.566. The van der Waals surface area contributed by atoms with Crippen LogP contribution in [0.3, 0.4) is 0 Å². The van der Waals surface area contributed by atoms with Crippen molar-refractivity contribution in [3.63, 3.8) is 0 Å². The van der Waals surface area contributed by atoms with Crippen LogP contribution in [0.2, 0.25) is 0 Å². The second-order valence-corrected chi connectivity index (χ2v) is 4.48. The topological polar surface area (TPSA) is 21.5 Å². The molecule has 1 aromatic rings. The van der Waals surface area contributed by atoms with Crippen LogP contribution < -0.4 is 4.90 Å². The van der Waals surface area contributed by atoms with E-state index in [1.54, 1.807) is 0 Å². The zero-order chi connectivity index (χ0) is 10.7. The fourth-order valence-corrected chi connectivity index (χ4v) is 2.34. The molecule has 1 aliphatic rings. The number of quaternary nitrogens is 1. The lowest BCUT2D eigenvalue weighted by molar-refractivity contribution is -0.887. The summed E-state index contributed by atoms with van der Waals surface area (Å²) in [5.41, 5.74) is 0.872. The Balaban J connectivity index is 2.08. The molecular weight excluding hydrogens is 186 g/mol. The Morgan fingerprint density at radius 3 is 2.73 bits per heavy atom. The maximum atomic E-state index is 12.1. The van der Waals surface area contributed by atoms with Gasteiger partial charge >= 0.3 is 0 Å². The van der Waals surface area contributed by atoms with Gasteiger partial charge in [-0.1, -0.05) is 30.3 Å². The van der Waals surface area contributed by atoms with Crippen molar-refractivity contribution in [3.05, 3.63) is 35.9 Å². The number of hydrogen-bond acceptors (Lipinski definition) is 1. The number of hydrogen-bond donors (Lipinski definition) is 1. The van der Waals surface area contributed by atoms with E-state index in [-0.39, 0.29) is 5.92 Å². The first kappa shape index (κ1) is 10.4. The van der Waals surface area contributed by atoms with Gasteiger partial charge in [0, 0.05) is 5.56 Å².